The van der Waals surface area contributed by atoms with Gasteiger partial charge in [0.1, 0.15) is 11.5 Å². The van der Waals surface area contributed by atoms with Gasteiger partial charge in [0.2, 0.25) is 0 Å². The molecule has 0 saturated heterocycles. The van der Waals surface area contributed by atoms with Gasteiger partial charge in [-0.2, -0.15) is 0 Å². The maximum Gasteiger partial charge on any atom is 0.125 e. The summed E-state index contributed by atoms with van der Waals surface area (Å²) in [6.07, 6.45) is 0. The van der Waals surface area contributed by atoms with E-state index in [0.29, 0.717) is 0 Å². The van der Waals surface area contributed by atoms with E-state index in [9.17, 15) is 0 Å². The highest BCUT2D eigenvalue weighted by atomic mass is 16.5. The van der Waals surface area contributed by atoms with Crippen LogP contribution in [-0.4, -0.2) is 14.2 Å². The zero-order valence-corrected chi connectivity index (χ0v) is 7.97. The van der Waals surface area contributed by atoms with Crippen LogP contribution in [0.1, 0.15) is 11.1 Å². The molecule has 0 bridgehead atoms. The average Bonchev–Trinajstić information content (AvgIpc) is 2.09. The lowest BCUT2D eigenvalue weighted by Gasteiger charge is -2.09. The Balaban J connectivity index is 3.19. The van der Waals surface area contributed by atoms with Crippen LogP contribution in [0.25, 0.3) is 0 Å². The van der Waals surface area contributed by atoms with E-state index in [1.165, 1.54) is 11.1 Å². The fraction of sp³-hybridized carbons (Fsp3) is 0.400. The number of benzene rings is 1. The molecule has 0 aliphatic carbocycles. The first-order valence-corrected chi connectivity index (χ1v) is 3.88. The van der Waals surface area contributed by atoms with Crippen LogP contribution in [-0.2, 0) is 0 Å². The Morgan fingerprint density at radius 2 is 1.67 bits per heavy atom. The number of rotatable bonds is 2. The Morgan fingerprint density at radius 3 is 2.17 bits per heavy atom. The number of ether oxygens (including phenoxy) is 2. The average molecular weight is 166 g/mol. The van der Waals surface area contributed by atoms with E-state index in [1.807, 2.05) is 26.0 Å². The van der Waals surface area contributed by atoms with Gasteiger partial charge in [-0.25, -0.2) is 0 Å². The molecule has 0 aliphatic rings. The maximum atomic E-state index is 5.19. The molecule has 0 unspecified atom stereocenters. The Kier molecular flexibility index (Phi) is 2.58. The minimum atomic E-state index is 0.843. The highest BCUT2D eigenvalue weighted by Gasteiger charge is 2.03. The first-order chi connectivity index (χ1) is 5.69. The fourth-order valence-corrected chi connectivity index (χ4v) is 1.12. The van der Waals surface area contributed by atoms with E-state index < -0.39 is 0 Å². The second-order valence-electron chi connectivity index (χ2n) is 2.77. The third kappa shape index (κ3) is 1.52. The predicted octanol–water partition coefficient (Wildman–Crippen LogP) is 2.32. The van der Waals surface area contributed by atoms with Crippen LogP contribution in [0, 0.1) is 13.8 Å². The van der Waals surface area contributed by atoms with Crippen LogP contribution in [0.3, 0.4) is 0 Å². The molecule has 0 N–H and O–H groups in total. The molecule has 0 spiro atoms. The Hall–Kier alpha value is -1.18. The normalized spacial score (nSPS) is 9.67. The molecule has 66 valence electrons. The van der Waals surface area contributed by atoms with Crippen molar-refractivity contribution in [3.8, 4) is 11.5 Å². The van der Waals surface area contributed by atoms with Crippen molar-refractivity contribution in [2.75, 3.05) is 14.2 Å². The molecule has 1 aromatic rings. The first kappa shape index (κ1) is 8.91. The van der Waals surface area contributed by atoms with Gasteiger partial charge in [-0.1, -0.05) is 0 Å². The van der Waals surface area contributed by atoms with Crippen molar-refractivity contribution in [3.63, 3.8) is 0 Å². The lowest BCUT2D eigenvalue weighted by atomic mass is 10.1. The summed E-state index contributed by atoms with van der Waals surface area (Å²) < 4.78 is 10.3. The quantitative estimate of drug-likeness (QED) is 0.671. The van der Waals surface area contributed by atoms with Gasteiger partial charge in [0.15, 0.2) is 0 Å². The van der Waals surface area contributed by atoms with Crippen molar-refractivity contribution in [3.05, 3.63) is 23.3 Å². The predicted molar refractivity (Wildman–Crippen MR) is 49.0 cm³/mol. The van der Waals surface area contributed by atoms with Crippen LogP contribution in [0.4, 0.5) is 0 Å². The number of hydrogen-bond acceptors (Lipinski definition) is 2. The monoisotopic (exact) mass is 166 g/mol. The summed E-state index contributed by atoms with van der Waals surface area (Å²) >= 11 is 0. The van der Waals surface area contributed by atoms with E-state index in [2.05, 4.69) is 0 Å². The molecular formula is C10H14O2. The number of hydrogen-bond donors (Lipinski definition) is 0. The zero-order valence-electron chi connectivity index (χ0n) is 7.97. The molecule has 0 aliphatic heterocycles. The molecular weight excluding hydrogens is 152 g/mol. The second-order valence-corrected chi connectivity index (χ2v) is 2.77. The van der Waals surface area contributed by atoms with Crippen LogP contribution in [0.15, 0.2) is 12.1 Å². The van der Waals surface area contributed by atoms with Crippen molar-refractivity contribution >= 4 is 0 Å². The third-order valence-electron chi connectivity index (χ3n) is 2.05. The molecule has 1 rings (SSSR count). The molecule has 2 nitrogen and oxygen atoms in total. The summed E-state index contributed by atoms with van der Waals surface area (Å²) in [5.74, 6) is 1.72. The van der Waals surface area contributed by atoms with E-state index >= 15 is 0 Å². The SMILES string of the molecule is COc1cc(C)c(C)c(OC)c1. The van der Waals surface area contributed by atoms with E-state index in [4.69, 9.17) is 9.47 Å². The van der Waals surface area contributed by atoms with Crippen molar-refractivity contribution in [2.45, 2.75) is 13.8 Å². The van der Waals surface area contributed by atoms with Gasteiger partial charge in [-0.3, -0.25) is 0 Å². The highest BCUT2D eigenvalue weighted by molar-refractivity contribution is 5.45. The first-order valence-electron chi connectivity index (χ1n) is 3.88. The molecule has 0 saturated carbocycles. The van der Waals surface area contributed by atoms with Gasteiger partial charge >= 0.3 is 0 Å². The van der Waals surface area contributed by atoms with Gasteiger partial charge in [0, 0.05) is 6.07 Å². The van der Waals surface area contributed by atoms with Crippen LogP contribution in [0.2, 0.25) is 0 Å². The molecule has 0 fully saturated rings. The summed E-state index contributed by atoms with van der Waals surface area (Å²) in [7, 11) is 3.32. The largest absolute Gasteiger partial charge is 0.497 e. The van der Waals surface area contributed by atoms with Gasteiger partial charge in [-0.15, -0.1) is 0 Å². The van der Waals surface area contributed by atoms with Crippen molar-refractivity contribution in [1.82, 2.24) is 0 Å². The topological polar surface area (TPSA) is 18.5 Å². The molecule has 12 heavy (non-hydrogen) atoms. The smallest absolute Gasteiger partial charge is 0.125 e. The van der Waals surface area contributed by atoms with Gasteiger partial charge < -0.3 is 9.47 Å². The molecule has 2 heteroatoms. The fourth-order valence-electron chi connectivity index (χ4n) is 1.12. The minimum absolute atomic E-state index is 0.843. The molecule has 0 radical (unpaired) electrons. The van der Waals surface area contributed by atoms with Crippen molar-refractivity contribution < 1.29 is 9.47 Å². The molecule has 0 heterocycles. The van der Waals surface area contributed by atoms with E-state index in [0.717, 1.165) is 11.5 Å². The Bertz CT molecular complexity index is 279. The Labute approximate surface area is 73.1 Å². The maximum absolute atomic E-state index is 5.19. The minimum Gasteiger partial charge on any atom is -0.497 e. The van der Waals surface area contributed by atoms with Gasteiger partial charge in [-0.05, 0) is 31.0 Å². The summed E-state index contributed by atoms with van der Waals surface area (Å²) in [5, 5.41) is 0. The van der Waals surface area contributed by atoms with Crippen LogP contribution in [0.5, 0.6) is 11.5 Å². The summed E-state index contributed by atoms with van der Waals surface area (Å²) in [6.45, 7) is 4.08. The van der Waals surface area contributed by atoms with Crippen molar-refractivity contribution in [1.29, 1.82) is 0 Å². The van der Waals surface area contributed by atoms with Gasteiger partial charge in [0.25, 0.3) is 0 Å². The molecule has 0 atom stereocenters. The summed E-state index contributed by atoms with van der Waals surface area (Å²) in [4.78, 5) is 0. The lowest BCUT2D eigenvalue weighted by Crippen LogP contribution is -1.92. The van der Waals surface area contributed by atoms with Gasteiger partial charge in [0.05, 0.1) is 14.2 Å². The molecule has 0 aromatic heterocycles. The standard InChI is InChI=1S/C10H14O2/c1-7-5-9(11-3)6-10(12-4)8(7)2/h5-6H,1-4H3. The second kappa shape index (κ2) is 3.48. The van der Waals surface area contributed by atoms with E-state index in [1.54, 1.807) is 14.2 Å². The molecule has 1 aromatic carbocycles. The van der Waals surface area contributed by atoms with Crippen LogP contribution >= 0.6 is 0 Å². The number of aryl methyl sites for hydroxylation is 1. The third-order valence-corrected chi connectivity index (χ3v) is 2.05. The Morgan fingerprint density at radius 1 is 1.00 bits per heavy atom. The molecule has 0 amide bonds. The van der Waals surface area contributed by atoms with Crippen molar-refractivity contribution in [2.24, 2.45) is 0 Å². The summed E-state index contributed by atoms with van der Waals surface area (Å²) in [6, 6.07) is 3.89. The van der Waals surface area contributed by atoms with E-state index in [-0.39, 0.29) is 0 Å². The highest BCUT2D eigenvalue weighted by Crippen LogP contribution is 2.26. The van der Waals surface area contributed by atoms with Crippen LogP contribution < -0.4 is 9.47 Å². The number of methoxy groups -OCH3 is 2. The zero-order chi connectivity index (χ0) is 9.14. The summed E-state index contributed by atoms with van der Waals surface area (Å²) in [5.41, 5.74) is 2.35. The lowest BCUT2D eigenvalue weighted by molar-refractivity contribution is 0.391.